The molecule has 7 heteroatoms. The molecule has 2 heterocycles. The molecule has 0 atom stereocenters. The van der Waals surface area contributed by atoms with E-state index >= 15 is 0 Å². The van der Waals surface area contributed by atoms with Crippen molar-refractivity contribution in [3.63, 3.8) is 0 Å². The number of nitrogens with zero attached hydrogens (tertiary/aromatic N) is 4. The molecule has 28 heavy (non-hydrogen) atoms. The fraction of sp³-hybridized carbons (Fsp3) is 0.0476. The number of carbonyl (C=O) groups excluding carboxylic acids is 1. The van der Waals surface area contributed by atoms with Gasteiger partial charge in [-0.15, -0.1) is 0 Å². The van der Waals surface area contributed by atoms with Gasteiger partial charge in [0, 0.05) is 16.8 Å². The highest BCUT2D eigenvalue weighted by molar-refractivity contribution is 7.99. The zero-order valence-electron chi connectivity index (χ0n) is 14.9. The molecule has 138 valence electrons. The predicted octanol–water partition coefficient (Wildman–Crippen LogP) is 4.12. The first-order valence-electron chi connectivity index (χ1n) is 8.68. The molecule has 0 aliphatic carbocycles. The third-order valence-corrected chi connectivity index (χ3v) is 5.02. The maximum Gasteiger partial charge on any atom is 0.258 e. The molecule has 1 N–H and O–H groups in total. The van der Waals surface area contributed by atoms with E-state index in [1.165, 1.54) is 18.1 Å². The number of aromatic nitrogens is 4. The van der Waals surface area contributed by atoms with Crippen LogP contribution in [0.1, 0.15) is 15.9 Å². The molecule has 1 amide bonds. The van der Waals surface area contributed by atoms with Crippen molar-refractivity contribution in [2.45, 2.75) is 16.5 Å². The number of benzene rings is 2. The lowest BCUT2D eigenvalue weighted by atomic mass is 10.2. The smallest absolute Gasteiger partial charge is 0.258 e. The molecule has 0 bridgehead atoms. The van der Waals surface area contributed by atoms with Crippen molar-refractivity contribution in [1.82, 2.24) is 19.7 Å². The Balaban J connectivity index is 1.46. The fourth-order valence-corrected chi connectivity index (χ4v) is 3.54. The summed E-state index contributed by atoms with van der Waals surface area (Å²) in [6.45, 7) is 0.634. The minimum absolute atomic E-state index is 0.185. The number of hydrogen-bond donors (Lipinski definition) is 1. The molecule has 2 aromatic heterocycles. The predicted molar refractivity (Wildman–Crippen MR) is 108 cm³/mol. The summed E-state index contributed by atoms with van der Waals surface area (Å²) in [5, 5.41) is 7.71. The van der Waals surface area contributed by atoms with Gasteiger partial charge in [-0.25, -0.2) is 14.6 Å². The maximum atomic E-state index is 12.8. The number of carbonyl (C=O) groups is 1. The number of hydrogen-bond acceptors (Lipinski definition) is 5. The molecule has 0 aliphatic heterocycles. The topological polar surface area (TPSA) is 72.7 Å². The van der Waals surface area contributed by atoms with Crippen LogP contribution in [0.25, 0.3) is 0 Å². The van der Waals surface area contributed by atoms with Crippen molar-refractivity contribution < 1.29 is 4.79 Å². The zero-order valence-corrected chi connectivity index (χ0v) is 15.7. The average Bonchev–Trinajstić information content (AvgIpc) is 3.24. The SMILES string of the molecule is O=C(Nc1ccc(Cn2cncn2)cc1)c1cccnc1Sc1ccccc1. The Bertz CT molecular complexity index is 1050. The minimum atomic E-state index is -0.185. The van der Waals surface area contributed by atoms with E-state index in [-0.39, 0.29) is 5.91 Å². The van der Waals surface area contributed by atoms with Crippen LogP contribution in [0, 0.1) is 0 Å². The number of pyridine rings is 1. The Morgan fingerprint density at radius 3 is 2.57 bits per heavy atom. The molecular weight excluding hydrogens is 370 g/mol. The van der Waals surface area contributed by atoms with E-state index < -0.39 is 0 Å². The van der Waals surface area contributed by atoms with Crippen LogP contribution in [0.3, 0.4) is 0 Å². The molecule has 0 fully saturated rings. The Labute approximate surface area is 166 Å². The number of amides is 1. The van der Waals surface area contributed by atoms with E-state index in [1.54, 1.807) is 29.3 Å². The highest BCUT2D eigenvalue weighted by Gasteiger charge is 2.13. The van der Waals surface area contributed by atoms with Gasteiger partial charge in [-0.2, -0.15) is 5.10 Å². The largest absolute Gasteiger partial charge is 0.322 e. The first-order chi connectivity index (χ1) is 13.8. The first-order valence-corrected chi connectivity index (χ1v) is 9.50. The van der Waals surface area contributed by atoms with E-state index in [0.717, 1.165) is 16.1 Å². The van der Waals surface area contributed by atoms with Crippen LogP contribution in [0.2, 0.25) is 0 Å². The molecule has 0 radical (unpaired) electrons. The number of nitrogens with one attached hydrogen (secondary N) is 1. The van der Waals surface area contributed by atoms with Crippen LogP contribution in [0.5, 0.6) is 0 Å². The second-order valence-corrected chi connectivity index (χ2v) is 7.08. The second kappa shape index (κ2) is 8.49. The van der Waals surface area contributed by atoms with Crippen molar-refractivity contribution in [3.8, 4) is 0 Å². The Hall–Kier alpha value is -3.45. The molecular formula is C21H17N5OS. The number of anilines is 1. The van der Waals surface area contributed by atoms with Crippen molar-refractivity contribution in [1.29, 1.82) is 0 Å². The molecule has 6 nitrogen and oxygen atoms in total. The molecule has 0 unspecified atom stereocenters. The van der Waals surface area contributed by atoms with Gasteiger partial charge in [0.15, 0.2) is 0 Å². The van der Waals surface area contributed by atoms with E-state index in [0.29, 0.717) is 17.1 Å². The van der Waals surface area contributed by atoms with Crippen molar-refractivity contribution in [3.05, 3.63) is 96.7 Å². The summed E-state index contributed by atoms with van der Waals surface area (Å²) in [5.74, 6) is -0.185. The Kier molecular flexibility index (Phi) is 5.44. The van der Waals surface area contributed by atoms with E-state index in [9.17, 15) is 4.79 Å². The zero-order chi connectivity index (χ0) is 19.2. The lowest BCUT2D eigenvalue weighted by Gasteiger charge is -2.10. The van der Waals surface area contributed by atoms with Gasteiger partial charge >= 0.3 is 0 Å². The normalized spacial score (nSPS) is 10.6. The van der Waals surface area contributed by atoms with Crippen LogP contribution in [0.4, 0.5) is 5.69 Å². The fourth-order valence-electron chi connectivity index (χ4n) is 2.64. The lowest BCUT2D eigenvalue weighted by molar-refractivity contribution is 0.102. The summed E-state index contributed by atoms with van der Waals surface area (Å²) < 4.78 is 1.75. The van der Waals surface area contributed by atoms with Crippen molar-refractivity contribution in [2.75, 3.05) is 5.32 Å². The molecule has 2 aromatic carbocycles. The van der Waals surface area contributed by atoms with Gasteiger partial charge in [0.05, 0.1) is 12.1 Å². The molecule has 0 saturated heterocycles. The van der Waals surface area contributed by atoms with E-state index in [2.05, 4.69) is 20.4 Å². The van der Waals surface area contributed by atoms with Crippen LogP contribution in [0.15, 0.2) is 95.5 Å². The summed E-state index contributed by atoms with van der Waals surface area (Å²) in [7, 11) is 0. The van der Waals surface area contributed by atoms with Crippen LogP contribution in [-0.4, -0.2) is 25.7 Å². The van der Waals surface area contributed by atoms with Gasteiger partial charge in [-0.1, -0.05) is 42.1 Å². The van der Waals surface area contributed by atoms with Crippen LogP contribution < -0.4 is 5.32 Å². The van der Waals surface area contributed by atoms with Crippen molar-refractivity contribution in [2.24, 2.45) is 0 Å². The van der Waals surface area contributed by atoms with Gasteiger partial charge in [0.25, 0.3) is 5.91 Å². The second-order valence-electron chi connectivity index (χ2n) is 6.02. The Morgan fingerprint density at radius 1 is 1.00 bits per heavy atom. The molecule has 0 spiro atoms. The summed E-state index contributed by atoms with van der Waals surface area (Å²) in [4.78, 5) is 22.1. The van der Waals surface area contributed by atoms with E-state index in [4.69, 9.17) is 0 Å². The molecule has 0 saturated carbocycles. The summed E-state index contributed by atoms with van der Waals surface area (Å²) >= 11 is 1.47. The van der Waals surface area contributed by atoms with Gasteiger partial charge in [-0.3, -0.25) is 4.79 Å². The average molecular weight is 387 g/mol. The number of rotatable bonds is 6. The summed E-state index contributed by atoms with van der Waals surface area (Å²) in [6, 6.07) is 21.1. The van der Waals surface area contributed by atoms with Crippen molar-refractivity contribution >= 4 is 23.4 Å². The van der Waals surface area contributed by atoms with Gasteiger partial charge in [0.2, 0.25) is 0 Å². The summed E-state index contributed by atoms with van der Waals surface area (Å²) in [5.41, 5.74) is 2.35. The quantitative estimate of drug-likeness (QED) is 0.539. The highest BCUT2D eigenvalue weighted by atomic mass is 32.2. The van der Waals surface area contributed by atoms with Crippen LogP contribution in [-0.2, 0) is 6.54 Å². The van der Waals surface area contributed by atoms with Crippen LogP contribution >= 0.6 is 11.8 Å². The van der Waals surface area contributed by atoms with Gasteiger partial charge in [-0.05, 0) is 42.0 Å². The standard InChI is InChI=1S/C21H17N5OS/c27-20(19-7-4-12-23-21(19)28-18-5-2-1-3-6-18)25-17-10-8-16(9-11-17)13-26-15-22-14-24-26/h1-12,14-15H,13H2,(H,25,27). The minimum Gasteiger partial charge on any atom is -0.322 e. The Morgan fingerprint density at radius 2 is 1.82 bits per heavy atom. The van der Waals surface area contributed by atoms with Gasteiger partial charge in [0.1, 0.15) is 17.7 Å². The lowest BCUT2D eigenvalue weighted by Crippen LogP contribution is -2.13. The maximum absolute atomic E-state index is 12.8. The molecule has 4 rings (SSSR count). The molecule has 0 aliphatic rings. The highest BCUT2D eigenvalue weighted by Crippen LogP contribution is 2.28. The first kappa shape index (κ1) is 17.9. The molecule has 4 aromatic rings. The third kappa shape index (κ3) is 4.44. The third-order valence-electron chi connectivity index (χ3n) is 4.00. The monoisotopic (exact) mass is 387 g/mol. The van der Waals surface area contributed by atoms with Gasteiger partial charge < -0.3 is 5.32 Å². The van der Waals surface area contributed by atoms with E-state index in [1.807, 2.05) is 54.6 Å². The summed E-state index contributed by atoms with van der Waals surface area (Å²) in [6.07, 6.45) is 4.87.